The Balaban J connectivity index is 1.91. The van der Waals surface area contributed by atoms with Crippen molar-refractivity contribution in [3.63, 3.8) is 0 Å². The molecule has 4 heteroatoms. The van der Waals surface area contributed by atoms with E-state index in [1.54, 1.807) is 0 Å². The van der Waals surface area contributed by atoms with Crippen LogP contribution in [0.1, 0.15) is 49.4 Å². The fourth-order valence-electron chi connectivity index (χ4n) is 2.54. The van der Waals surface area contributed by atoms with E-state index in [0.717, 1.165) is 44.3 Å². The first-order valence-electron chi connectivity index (χ1n) is 7.53. The van der Waals surface area contributed by atoms with E-state index in [2.05, 4.69) is 17.6 Å². The van der Waals surface area contributed by atoms with Gasteiger partial charge < -0.3 is 15.7 Å². The Bertz CT molecular complexity index is 431. The van der Waals surface area contributed by atoms with E-state index in [1.807, 2.05) is 24.3 Å². The topological polar surface area (TPSA) is 61.4 Å². The molecular weight excluding hydrogens is 252 g/mol. The normalized spacial score (nSPS) is 22.3. The molecular formula is C16H24N2O2. The van der Waals surface area contributed by atoms with Gasteiger partial charge in [-0.15, -0.1) is 0 Å². The van der Waals surface area contributed by atoms with E-state index in [4.69, 9.17) is 0 Å². The van der Waals surface area contributed by atoms with Crippen LogP contribution in [0.3, 0.4) is 0 Å². The van der Waals surface area contributed by atoms with E-state index in [0.29, 0.717) is 5.56 Å². The molecule has 1 aliphatic carbocycles. The first-order valence-corrected chi connectivity index (χ1v) is 7.53. The Kier molecular flexibility index (Phi) is 5.41. The quantitative estimate of drug-likeness (QED) is 0.774. The summed E-state index contributed by atoms with van der Waals surface area (Å²) < 4.78 is 0. The minimum atomic E-state index is -0.404. The first-order chi connectivity index (χ1) is 9.70. The third-order valence-electron chi connectivity index (χ3n) is 3.77. The highest BCUT2D eigenvalue weighted by Crippen LogP contribution is 2.19. The molecule has 1 amide bonds. The van der Waals surface area contributed by atoms with Crippen LogP contribution in [-0.2, 0) is 0 Å². The molecule has 110 valence electrons. The predicted octanol–water partition coefficient (Wildman–Crippen LogP) is 2.54. The predicted molar refractivity (Wildman–Crippen MR) is 81.0 cm³/mol. The summed E-state index contributed by atoms with van der Waals surface area (Å²) in [7, 11) is 0. The van der Waals surface area contributed by atoms with Crippen molar-refractivity contribution in [1.82, 2.24) is 5.32 Å². The summed E-state index contributed by atoms with van der Waals surface area (Å²) in [4.78, 5) is 12.1. The highest BCUT2D eigenvalue weighted by Gasteiger charge is 2.24. The van der Waals surface area contributed by atoms with Crippen molar-refractivity contribution in [2.45, 2.75) is 51.2 Å². The van der Waals surface area contributed by atoms with Gasteiger partial charge in [-0.05, 0) is 43.5 Å². The lowest BCUT2D eigenvalue weighted by atomic mass is 9.92. The van der Waals surface area contributed by atoms with Gasteiger partial charge in [0.15, 0.2) is 0 Å². The summed E-state index contributed by atoms with van der Waals surface area (Å²) in [6.07, 6.45) is 4.43. The van der Waals surface area contributed by atoms with E-state index in [1.165, 1.54) is 0 Å². The maximum Gasteiger partial charge on any atom is 0.251 e. The Morgan fingerprint density at radius 2 is 1.95 bits per heavy atom. The van der Waals surface area contributed by atoms with Gasteiger partial charge in [0, 0.05) is 17.8 Å². The number of nitrogens with one attached hydrogen (secondary N) is 2. The van der Waals surface area contributed by atoms with Gasteiger partial charge in [-0.3, -0.25) is 4.79 Å². The molecule has 2 unspecified atom stereocenters. The SMILES string of the molecule is CCCNc1ccc(C(=O)NC2CCCCC2O)cc1. The fraction of sp³-hybridized carbons (Fsp3) is 0.562. The summed E-state index contributed by atoms with van der Waals surface area (Å²) >= 11 is 0. The van der Waals surface area contributed by atoms with Crippen LogP contribution < -0.4 is 10.6 Å². The molecule has 2 atom stereocenters. The highest BCUT2D eigenvalue weighted by atomic mass is 16.3. The lowest BCUT2D eigenvalue weighted by molar-refractivity contribution is 0.0717. The van der Waals surface area contributed by atoms with E-state index >= 15 is 0 Å². The molecule has 0 aromatic heterocycles. The summed E-state index contributed by atoms with van der Waals surface area (Å²) in [5, 5.41) is 16.1. The number of carbonyl (C=O) groups is 1. The molecule has 1 fully saturated rings. The maximum atomic E-state index is 12.1. The molecule has 1 saturated carbocycles. The smallest absolute Gasteiger partial charge is 0.251 e. The molecule has 4 nitrogen and oxygen atoms in total. The molecule has 1 aromatic carbocycles. The monoisotopic (exact) mass is 276 g/mol. The second-order valence-corrected chi connectivity index (χ2v) is 5.44. The van der Waals surface area contributed by atoms with Crippen LogP contribution in [0.4, 0.5) is 5.69 Å². The summed E-state index contributed by atoms with van der Waals surface area (Å²) in [5.74, 6) is -0.0991. The van der Waals surface area contributed by atoms with Gasteiger partial charge in [-0.25, -0.2) is 0 Å². The molecule has 0 saturated heterocycles. The number of aliphatic hydroxyl groups is 1. The number of amides is 1. The maximum absolute atomic E-state index is 12.1. The molecule has 0 bridgehead atoms. The zero-order valence-electron chi connectivity index (χ0n) is 12.1. The zero-order chi connectivity index (χ0) is 14.4. The molecule has 2 rings (SSSR count). The van der Waals surface area contributed by atoms with Crippen molar-refractivity contribution in [3.8, 4) is 0 Å². The number of hydrogen-bond acceptors (Lipinski definition) is 3. The summed E-state index contributed by atoms with van der Waals surface area (Å²) in [5.41, 5.74) is 1.67. The van der Waals surface area contributed by atoms with Gasteiger partial charge in [-0.1, -0.05) is 19.8 Å². The van der Waals surface area contributed by atoms with E-state index in [-0.39, 0.29) is 11.9 Å². The van der Waals surface area contributed by atoms with Gasteiger partial charge >= 0.3 is 0 Å². The molecule has 1 aliphatic rings. The van der Waals surface area contributed by atoms with Crippen LogP contribution in [0.25, 0.3) is 0 Å². The number of rotatable bonds is 5. The van der Waals surface area contributed by atoms with Crippen molar-refractivity contribution >= 4 is 11.6 Å². The van der Waals surface area contributed by atoms with E-state index in [9.17, 15) is 9.90 Å². The summed E-state index contributed by atoms with van der Waals surface area (Å²) in [6, 6.07) is 7.38. The Hall–Kier alpha value is -1.55. The molecule has 20 heavy (non-hydrogen) atoms. The van der Waals surface area contributed by atoms with Crippen LogP contribution >= 0.6 is 0 Å². The van der Waals surface area contributed by atoms with Crippen molar-refractivity contribution < 1.29 is 9.90 Å². The van der Waals surface area contributed by atoms with Crippen LogP contribution in [0.15, 0.2) is 24.3 Å². The Labute approximate surface area is 120 Å². The third-order valence-corrected chi connectivity index (χ3v) is 3.77. The van der Waals surface area contributed by atoms with Gasteiger partial charge in [0.25, 0.3) is 5.91 Å². The molecule has 1 aromatic rings. The molecule has 0 heterocycles. The fourth-order valence-corrected chi connectivity index (χ4v) is 2.54. The van der Waals surface area contributed by atoms with Crippen LogP contribution in [-0.4, -0.2) is 29.7 Å². The van der Waals surface area contributed by atoms with Gasteiger partial charge in [0.05, 0.1) is 12.1 Å². The largest absolute Gasteiger partial charge is 0.391 e. The first kappa shape index (κ1) is 14.9. The summed E-state index contributed by atoms with van der Waals surface area (Å²) in [6.45, 7) is 3.05. The van der Waals surface area contributed by atoms with Crippen LogP contribution in [0, 0.1) is 0 Å². The standard InChI is InChI=1S/C16H24N2O2/c1-2-11-17-13-9-7-12(8-10-13)16(20)18-14-5-3-4-6-15(14)19/h7-10,14-15,17,19H,2-6,11H2,1H3,(H,18,20). The lowest BCUT2D eigenvalue weighted by Gasteiger charge is -2.28. The average molecular weight is 276 g/mol. The van der Waals surface area contributed by atoms with Crippen molar-refractivity contribution in [2.24, 2.45) is 0 Å². The number of hydrogen-bond donors (Lipinski definition) is 3. The lowest BCUT2D eigenvalue weighted by Crippen LogP contribution is -2.45. The van der Waals surface area contributed by atoms with Gasteiger partial charge in [0.1, 0.15) is 0 Å². The van der Waals surface area contributed by atoms with Crippen molar-refractivity contribution in [1.29, 1.82) is 0 Å². The number of anilines is 1. The molecule has 0 radical (unpaired) electrons. The minimum Gasteiger partial charge on any atom is -0.391 e. The zero-order valence-corrected chi connectivity index (χ0v) is 12.1. The molecule has 0 aliphatic heterocycles. The second kappa shape index (κ2) is 7.29. The van der Waals surface area contributed by atoms with Crippen molar-refractivity contribution in [3.05, 3.63) is 29.8 Å². The molecule has 0 spiro atoms. The average Bonchev–Trinajstić information content (AvgIpc) is 2.48. The number of benzene rings is 1. The second-order valence-electron chi connectivity index (χ2n) is 5.44. The molecule has 3 N–H and O–H groups in total. The van der Waals surface area contributed by atoms with Crippen LogP contribution in [0.5, 0.6) is 0 Å². The minimum absolute atomic E-state index is 0.0991. The number of aliphatic hydroxyl groups excluding tert-OH is 1. The van der Waals surface area contributed by atoms with Gasteiger partial charge in [0.2, 0.25) is 0 Å². The van der Waals surface area contributed by atoms with Crippen LogP contribution in [0.2, 0.25) is 0 Å². The Morgan fingerprint density at radius 3 is 2.60 bits per heavy atom. The van der Waals surface area contributed by atoms with Gasteiger partial charge in [-0.2, -0.15) is 0 Å². The highest BCUT2D eigenvalue weighted by molar-refractivity contribution is 5.94. The number of carbonyl (C=O) groups excluding carboxylic acids is 1. The Morgan fingerprint density at radius 1 is 1.25 bits per heavy atom. The van der Waals surface area contributed by atoms with E-state index < -0.39 is 6.10 Å². The third kappa shape index (κ3) is 3.97. The van der Waals surface area contributed by atoms with Crippen molar-refractivity contribution in [2.75, 3.05) is 11.9 Å².